The molecule has 2 fully saturated rings. The van der Waals surface area contributed by atoms with Gasteiger partial charge in [0.15, 0.2) is 12.2 Å². The molecular formula is C24H40N4O9. The summed E-state index contributed by atoms with van der Waals surface area (Å²) in [5.41, 5.74) is -0.714. The fraction of sp³-hybridized carbons (Fsp3) is 0.792. The second kappa shape index (κ2) is 13.6. The van der Waals surface area contributed by atoms with Gasteiger partial charge in [-0.05, 0) is 60.3 Å². The molecule has 2 aliphatic heterocycles. The van der Waals surface area contributed by atoms with Gasteiger partial charge in [-0.3, -0.25) is 14.4 Å². The van der Waals surface area contributed by atoms with Gasteiger partial charge in [0.05, 0.1) is 19.2 Å². The molecular weight excluding hydrogens is 488 g/mol. The van der Waals surface area contributed by atoms with Crippen LogP contribution in [0.5, 0.6) is 0 Å². The Bertz CT molecular complexity index is 845. The van der Waals surface area contributed by atoms with E-state index in [2.05, 4.69) is 21.3 Å². The fourth-order valence-corrected chi connectivity index (χ4v) is 3.99. The minimum atomic E-state index is -1.03. The largest absolute Gasteiger partial charge is 0.467 e. The summed E-state index contributed by atoms with van der Waals surface area (Å²) >= 11 is 0. The van der Waals surface area contributed by atoms with Gasteiger partial charge in [-0.1, -0.05) is 0 Å². The first-order valence-corrected chi connectivity index (χ1v) is 12.5. The summed E-state index contributed by atoms with van der Waals surface area (Å²) in [5, 5.41) is 10.6. The number of methoxy groups -OCH3 is 1. The van der Waals surface area contributed by atoms with Crippen molar-refractivity contribution in [1.82, 2.24) is 21.3 Å². The molecule has 37 heavy (non-hydrogen) atoms. The van der Waals surface area contributed by atoms with E-state index in [1.165, 1.54) is 21.0 Å². The van der Waals surface area contributed by atoms with Crippen molar-refractivity contribution in [2.45, 2.75) is 102 Å². The average molecular weight is 529 g/mol. The first kappa shape index (κ1) is 30.3. The summed E-state index contributed by atoms with van der Waals surface area (Å²) in [6, 6.07) is -3.09. The van der Waals surface area contributed by atoms with Crippen molar-refractivity contribution < 1.29 is 42.9 Å². The molecule has 0 saturated carbocycles. The molecule has 0 unspecified atom stereocenters. The van der Waals surface area contributed by atoms with E-state index in [9.17, 15) is 24.0 Å². The highest BCUT2D eigenvalue weighted by Crippen LogP contribution is 2.17. The van der Waals surface area contributed by atoms with Gasteiger partial charge in [0.25, 0.3) is 5.91 Å². The Kier molecular flexibility index (Phi) is 11.1. The molecule has 2 rings (SSSR count). The number of nitrogens with one attached hydrogen (secondary N) is 4. The summed E-state index contributed by atoms with van der Waals surface area (Å²) < 4.78 is 21.0. The van der Waals surface area contributed by atoms with Crippen molar-refractivity contribution in [3.05, 3.63) is 0 Å². The molecule has 2 aliphatic rings. The van der Waals surface area contributed by atoms with Crippen LogP contribution < -0.4 is 21.3 Å². The quantitative estimate of drug-likeness (QED) is 0.314. The molecule has 0 radical (unpaired) electrons. The molecule has 0 aliphatic carbocycles. The molecule has 0 aromatic rings. The zero-order valence-corrected chi connectivity index (χ0v) is 22.4. The lowest BCUT2D eigenvalue weighted by atomic mass is 10.0. The number of alkyl carbamates (subject to hydrolysis) is 1. The maximum absolute atomic E-state index is 13.0. The van der Waals surface area contributed by atoms with Crippen molar-refractivity contribution >= 4 is 29.8 Å². The van der Waals surface area contributed by atoms with Gasteiger partial charge in [-0.2, -0.15) is 0 Å². The topological polar surface area (TPSA) is 170 Å². The summed E-state index contributed by atoms with van der Waals surface area (Å²) in [5.74, 6) is -2.14. The molecule has 0 spiro atoms. The van der Waals surface area contributed by atoms with Gasteiger partial charge < -0.3 is 40.2 Å². The highest BCUT2D eigenvalue weighted by Gasteiger charge is 2.37. The van der Waals surface area contributed by atoms with Gasteiger partial charge in [-0.25, -0.2) is 9.59 Å². The first-order chi connectivity index (χ1) is 17.3. The molecule has 0 aromatic carbocycles. The van der Waals surface area contributed by atoms with Gasteiger partial charge >= 0.3 is 12.1 Å². The maximum Gasteiger partial charge on any atom is 0.408 e. The predicted molar refractivity (Wildman–Crippen MR) is 130 cm³/mol. The number of hydrogen-bond acceptors (Lipinski definition) is 9. The molecule has 0 bridgehead atoms. The first-order valence-electron chi connectivity index (χ1n) is 12.5. The third kappa shape index (κ3) is 9.47. The van der Waals surface area contributed by atoms with E-state index < -0.39 is 71.8 Å². The number of carbonyl (C=O) groups excluding carboxylic acids is 5. The monoisotopic (exact) mass is 528 g/mol. The Hall–Kier alpha value is -2.93. The van der Waals surface area contributed by atoms with Crippen molar-refractivity contribution in [1.29, 1.82) is 0 Å². The Labute approximate surface area is 217 Å². The number of carbonyl (C=O) groups is 5. The van der Waals surface area contributed by atoms with Crippen LogP contribution in [0.1, 0.15) is 60.3 Å². The zero-order valence-electron chi connectivity index (χ0n) is 22.4. The number of rotatable bonds is 8. The van der Waals surface area contributed by atoms with Crippen LogP contribution in [0.15, 0.2) is 0 Å². The van der Waals surface area contributed by atoms with Crippen LogP contribution >= 0.6 is 0 Å². The van der Waals surface area contributed by atoms with Crippen LogP contribution in [-0.4, -0.2) is 92.1 Å². The lowest BCUT2D eigenvalue weighted by Gasteiger charge is -2.33. The SMILES string of the molecule is COC(=O)[C@H]1OCCC[C@@H]1NC(=O)[C@@H](C)NC(=O)[C@H]1OCCC[C@@H]1NC(=O)[C@@H](C)NC(=O)OC(C)(C)C. The van der Waals surface area contributed by atoms with Crippen LogP contribution in [0.4, 0.5) is 4.79 Å². The second-order valence-corrected chi connectivity index (χ2v) is 10.2. The Morgan fingerprint density at radius 1 is 0.811 bits per heavy atom. The summed E-state index contributed by atoms with van der Waals surface area (Å²) in [6.07, 6.45) is -0.384. The van der Waals surface area contributed by atoms with E-state index in [0.29, 0.717) is 38.9 Å². The van der Waals surface area contributed by atoms with E-state index in [-0.39, 0.29) is 0 Å². The molecule has 13 heteroatoms. The van der Waals surface area contributed by atoms with Crippen LogP contribution in [0.25, 0.3) is 0 Å². The highest BCUT2D eigenvalue weighted by atomic mass is 16.6. The zero-order chi connectivity index (χ0) is 27.8. The van der Waals surface area contributed by atoms with E-state index in [1.54, 1.807) is 20.8 Å². The third-order valence-electron chi connectivity index (χ3n) is 5.87. The summed E-state index contributed by atoms with van der Waals surface area (Å²) in [7, 11) is 1.25. The van der Waals surface area contributed by atoms with Crippen molar-refractivity contribution in [2.75, 3.05) is 20.3 Å². The van der Waals surface area contributed by atoms with Crippen LogP contribution in [-0.2, 0) is 38.1 Å². The number of ether oxygens (including phenoxy) is 4. The average Bonchev–Trinajstić information content (AvgIpc) is 2.82. The molecule has 4 amide bonds. The molecule has 4 N–H and O–H groups in total. The maximum atomic E-state index is 13.0. The van der Waals surface area contributed by atoms with Gasteiger partial charge in [0.1, 0.15) is 17.7 Å². The summed E-state index contributed by atoms with van der Waals surface area (Å²) in [4.78, 5) is 62.3. The lowest BCUT2D eigenvalue weighted by molar-refractivity contribution is -0.160. The summed E-state index contributed by atoms with van der Waals surface area (Å²) in [6.45, 7) is 8.84. The highest BCUT2D eigenvalue weighted by molar-refractivity contribution is 5.91. The second-order valence-electron chi connectivity index (χ2n) is 10.2. The van der Waals surface area contributed by atoms with Crippen molar-refractivity contribution in [3.8, 4) is 0 Å². The van der Waals surface area contributed by atoms with Crippen molar-refractivity contribution in [3.63, 3.8) is 0 Å². The normalized spacial score (nSPS) is 25.6. The van der Waals surface area contributed by atoms with Gasteiger partial charge in [-0.15, -0.1) is 0 Å². The molecule has 2 saturated heterocycles. The van der Waals surface area contributed by atoms with Crippen LogP contribution in [0.2, 0.25) is 0 Å². The molecule has 2 heterocycles. The molecule has 13 nitrogen and oxygen atoms in total. The minimum Gasteiger partial charge on any atom is -0.467 e. The minimum absolute atomic E-state index is 0.316. The van der Waals surface area contributed by atoms with Gasteiger partial charge in [0.2, 0.25) is 11.8 Å². The number of esters is 1. The Morgan fingerprint density at radius 2 is 1.30 bits per heavy atom. The standard InChI is InChI=1S/C24H40N4O9/c1-13(19(29)28-16-10-8-12-36-18(16)22(32)34-6)25-21(31)17-15(9-7-11-35-17)27-20(30)14(2)26-23(33)37-24(3,4)5/h13-18H,7-12H2,1-6H3,(H,25,31)(H,26,33)(H,27,30)(H,28,29)/t13-,14-,15+,16+,17+,18+/m1/s1. The van der Waals surface area contributed by atoms with E-state index >= 15 is 0 Å². The molecule has 210 valence electrons. The van der Waals surface area contributed by atoms with E-state index in [0.717, 1.165) is 0 Å². The smallest absolute Gasteiger partial charge is 0.408 e. The Morgan fingerprint density at radius 3 is 1.81 bits per heavy atom. The number of hydrogen-bond donors (Lipinski definition) is 4. The third-order valence-corrected chi connectivity index (χ3v) is 5.87. The van der Waals surface area contributed by atoms with Gasteiger partial charge in [0, 0.05) is 13.2 Å². The predicted octanol–water partition coefficient (Wildman–Crippen LogP) is -0.0951. The molecule has 0 aromatic heterocycles. The fourth-order valence-electron chi connectivity index (χ4n) is 3.99. The van der Waals surface area contributed by atoms with Crippen LogP contribution in [0.3, 0.4) is 0 Å². The number of amides is 4. The van der Waals surface area contributed by atoms with E-state index in [1.807, 2.05) is 0 Å². The molecule has 6 atom stereocenters. The van der Waals surface area contributed by atoms with Crippen LogP contribution in [0, 0.1) is 0 Å². The van der Waals surface area contributed by atoms with Crippen molar-refractivity contribution in [2.24, 2.45) is 0 Å². The lowest BCUT2D eigenvalue weighted by Crippen LogP contribution is -2.60. The Balaban J connectivity index is 1.92. The van der Waals surface area contributed by atoms with E-state index in [4.69, 9.17) is 18.9 Å².